The zero-order valence-corrected chi connectivity index (χ0v) is 14.3. The van der Waals surface area contributed by atoms with Crippen LogP contribution in [0.25, 0.3) is 0 Å². The van der Waals surface area contributed by atoms with Gasteiger partial charge in [-0.05, 0) is 31.6 Å². The van der Waals surface area contributed by atoms with E-state index in [0.717, 1.165) is 12.8 Å². The van der Waals surface area contributed by atoms with Crippen molar-refractivity contribution in [3.8, 4) is 0 Å². The molecular weight excluding hydrogens is 260 g/mol. The van der Waals surface area contributed by atoms with E-state index in [2.05, 4.69) is 26.0 Å². The Labute approximate surface area is 132 Å². The summed E-state index contributed by atoms with van der Waals surface area (Å²) in [7, 11) is 0. The maximum Gasteiger partial charge on any atom is 0.303 e. The summed E-state index contributed by atoms with van der Waals surface area (Å²) in [5, 5.41) is 8.55. The van der Waals surface area contributed by atoms with Crippen molar-refractivity contribution >= 4 is 5.97 Å². The van der Waals surface area contributed by atoms with Gasteiger partial charge < -0.3 is 5.11 Å². The van der Waals surface area contributed by atoms with Crippen molar-refractivity contribution in [1.82, 2.24) is 0 Å². The molecule has 2 nitrogen and oxygen atoms in total. The number of allylic oxidation sites excluding steroid dienone is 2. The molecule has 0 aromatic rings. The minimum Gasteiger partial charge on any atom is -0.481 e. The lowest BCUT2D eigenvalue weighted by Crippen LogP contribution is -1.94. The molecular formula is C19H36O2. The first kappa shape index (κ1) is 20.2. The van der Waals surface area contributed by atoms with Gasteiger partial charge in [0.1, 0.15) is 0 Å². The molecule has 1 atom stereocenters. The van der Waals surface area contributed by atoms with E-state index in [4.69, 9.17) is 5.11 Å². The fraction of sp³-hybridized carbons (Fsp3) is 0.842. The van der Waals surface area contributed by atoms with Crippen LogP contribution in [-0.2, 0) is 4.79 Å². The van der Waals surface area contributed by atoms with Gasteiger partial charge in [0.05, 0.1) is 0 Å². The highest BCUT2D eigenvalue weighted by Gasteiger charge is 1.99. The van der Waals surface area contributed by atoms with Gasteiger partial charge in [0.15, 0.2) is 0 Å². The highest BCUT2D eigenvalue weighted by molar-refractivity contribution is 5.66. The molecule has 0 aromatic heterocycles. The molecule has 0 aliphatic rings. The molecule has 0 rings (SSSR count). The maximum absolute atomic E-state index is 10.4. The van der Waals surface area contributed by atoms with Crippen molar-refractivity contribution < 1.29 is 9.90 Å². The Hall–Kier alpha value is -0.790. The summed E-state index contributed by atoms with van der Waals surface area (Å²) in [6.45, 7) is 4.55. The summed E-state index contributed by atoms with van der Waals surface area (Å²) in [4.78, 5) is 10.4. The van der Waals surface area contributed by atoms with Gasteiger partial charge in [-0.15, -0.1) is 0 Å². The molecule has 0 aromatic carbocycles. The largest absolute Gasteiger partial charge is 0.481 e. The average molecular weight is 296 g/mol. The zero-order chi connectivity index (χ0) is 15.8. The molecule has 0 saturated carbocycles. The van der Waals surface area contributed by atoms with Gasteiger partial charge in [0.2, 0.25) is 0 Å². The van der Waals surface area contributed by atoms with Gasteiger partial charge in [-0.25, -0.2) is 0 Å². The number of hydrogen-bond acceptors (Lipinski definition) is 1. The van der Waals surface area contributed by atoms with Crippen LogP contribution in [0.4, 0.5) is 0 Å². The van der Waals surface area contributed by atoms with Gasteiger partial charge >= 0.3 is 5.97 Å². The second kappa shape index (κ2) is 15.6. The number of unbranched alkanes of at least 4 members (excludes halogenated alkanes) is 9. The van der Waals surface area contributed by atoms with Crippen LogP contribution in [0.1, 0.15) is 97.3 Å². The van der Waals surface area contributed by atoms with E-state index in [1.807, 2.05) is 0 Å². The van der Waals surface area contributed by atoms with Crippen molar-refractivity contribution in [3.63, 3.8) is 0 Å². The predicted octanol–water partition coefficient (Wildman–Crippen LogP) is 6.35. The van der Waals surface area contributed by atoms with Crippen LogP contribution in [0, 0.1) is 5.92 Å². The third kappa shape index (κ3) is 17.2. The van der Waals surface area contributed by atoms with Gasteiger partial charge in [0, 0.05) is 6.42 Å². The molecule has 0 aliphatic carbocycles. The number of carboxylic acids is 1. The molecule has 0 fully saturated rings. The Morgan fingerprint density at radius 3 is 2.29 bits per heavy atom. The molecule has 0 saturated heterocycles. The summed E-state index contributed by atoms with van der Waals surface area (Å²) in [5.41, 5.74) is 0. The Kier molecular flexibility index (Phi) is 15.0. The Morgan fingerprint density at radius 2 is 1.57 bits per heavy atom. The second-order valence-electron chi connectivity index (χ2n) is 6.31. The standard InChI is InChI=1S/C19H36O2/c1-3-4-5-6-7-8-9-12-15-18(2)16-13-10-11-14-17-19(20)21/h12,15,18H,3-11,13-14,16-17H2,1-2H3,(H,20,21)/b15-12+. The van der Waals surface area contributed by atoms with Crippen LogP contribution in [0.5, 0.6) is 0 Å². The minimum absolute atomic E-state index is 0.327. The Bertz CT molecular complexity index is 258. The highest BCUT2D eigenvalue weighted by Crippen LogP contribution is 2.13. The van der Waals surface area contributed by atoms with E-state index in [-0.39, 0.29) is 0 Å². The first-order valence-electron chi connectivity index (χ1n) is 9.05. The van der Waals surface area contributed by atoms with Crippen molar-refractivity contribution in [2.24, 2.45) is 5.92 Å². The quantitative estimate of drug-likeness (QED) is 0.282. The zero-order valence-electron chi connectivity index (χ0n) is 14.3. The maximum atomic E-state index is 10.4. The predicted molar refractivity (Wildman–Crippen MR) is 91.6 cm³/mol. The Balaban J connectivity index is 3.30. The molecule has 21 heavy (non-hydrogen) atoms. The summed E-state index contributed by atoms with van der Waals surface area (Å²) in [5.74, 6) is 0.00515. The van der Waals surface area contributed by atoms with E-state index < -0.39 is 5.97 Å². The van der Waals surface area contributed by atoms with Crippen LogP contribution in [0.2, 0.25) is 0 Å². The topological polar surface area (TPSA) is 37.3 Å². The molecule has 1 N–H and O–H groups in total. The fourth-order valence-corrected chi connectivity index (χ4v) is 2.56. The molecule has 0 aliphatic heterocycles. The molecule has 0 bridgehead atoms. The van der Waals surface area contributed by atoms with Crippen molar-refractivity contribution in [2.75, 3.05) is 0 Å². The molecule has 124 valence electrons. The van der Waals surface area contributed by atoms with E-state index in [1.54, 1.807) is 0 Å². The van der Waals surface area contributed by atoms with Crippen LogP contribution >= 0.6 is 0 Å². The normalized spacial score (nSPS) is 12.9. The number of carboxylic acid groups (broad SMARTS) is 1. The van der Waals surface area contributed by atoms with Crippen LogP contribution in [-0.4, -0.2) is 11.1 Å². The van der Waals surface area contributed by atoms with Crippen LogP contribution in [0.15, 0.2) is 12.2 Å². The molecule has 1 unspecified atom stereocenters. The smallest absolute Gasteiger partial charge is 0.303 e. The number of hydrogen-bond donors (Lipinski definition) is 1. The van der Waals surface area contributed by atoms with Gasteiger partial charge in [0.25, 0.3) is 0 Å². The monoisotopic (exact) mass is 296 g/mol. The summed E-state index contributed by atoms with van der Waals surface area (Å²) in [6.07, 6.45) is 20.0. The molecule has 0 amide bonds. The summed E-state index contributed by atoms with van der Waals surface area (Å²) < 4.78 is 0. The lowest BCUT2D eigenvalue weighted by molar-refractivity contribution is -0.137. The van der Waals surface area contributed by atoms with E-state index in [1.165, 1.54) is 64.2 Å². The van der Waals surface area contributed by atoms with Crippen molar-refractivity contribution in [2.45, 2.75) is 97.3 Å². The summed E-state index contributed by atoms with van der Waals surface area (Å²) in [6, 6.07) is 0. The second-order valence-corrected chi connectivity index (χ2v) is 6.31. The summed E-state index contributed by atoms with van der Waals surface area (Å²) >= 11 is 0. The van der Waals surface area contributed by atoms with Gasteiger partial charge in [-0.3, -0.25) is 4.79 Å². The lowest BCUT2D eigenvalue weighted by Gasteiger charge is -2.05. The SMILES string of the molecule is CCCCCCCC/C=C/C(C)CCCCCCC(=O)O. The highest BCUT2D eigenvalue weighted by atomic mass is 16.4. The van der Waals surface area contributed by atoms with E-state index in [0.29, 0.717) is 12.3 Å². The third-order valence-electron chi connectivity index (χ3n) is 3.99. The minimum atomic E-state index is -0.666. The average Bonchev–Trinajstić information content (AvgIpc) is 2.45. The van der Waals surface area contributed by atoms with Crippen molar-refractivity contribution in [3.05, 3.63) is 12.2 Å². The van der Waals surface area contributed by atoms with Crippen LogP contribution in [0.3, 0.4) is 0 Å². The number of rotatable bonds is 15. The molecule has 0 radical (unpaired) electrons. The van der Waals surface area contributed by atoms with Crippen LogP contribution < -0.4 is 0 Å². The fourth-order valence-electron chi connectivity index (χ4n) is 2.56. The lowest BCUT2D eigenvalue weighted by atomic mass is 10.0. The molecule has 0 spiro atoms. The Morgan fingerprint density at radius 1 is 0.952 bits per heavy atom. The number of aliphatic carboxylic acids is 1. The van der Waals surface area contributed by atoms with Gasteiger partial charge in [-0.2, -0.15) is 0 Å². The number of carbonyl (C=O) groups is 1. The van der Waals surface area contributed by atoms with E-state index in [9.17, 15) is 4.79 Å². The third-order valence-corrected chi connectivity index (χ3v) is 3.99. The first-order valence-corrected chi connectivity index (χ1v) is 9.05. The van der Waals surface area contributed by atoms with E-state index >= 15 is 0 Å². The van der Waals surface area contributed by atoms with Gasteiger partial charge in [-0.1, -0.05) is 77.4 Å². The molecule has 0 heterocycles. The first-order chi connectivity index (χ1) is 10.2. The molecule has 2 heteroatoms. The van der Waals surface area contributed by atoms with Crippen molar-refractivity contribution in [1.29, 1.82) is 0 Å².